The van der Waals surface area contributed by atoms with Crippen LogP contribution in [0.2, 0.25) is 0 Å². The second-order valence-corrected chi connectivity index (χ2v) is 8.43. The molecule has 0 bridgehead atoms. The molecule has 0 spiro atoms. The summed E-state index contributed by atoms with van der Waals surface area (Å²) < 4.78 is 2.08. The second-order valence-electron chi connectivity index (χ2n) is 8.43. The van der Waals surface area contributed by atoms with Crippen molar-refractivity contribution in [2.75, 3.05) is 0 Å². The van der Waals surface area contributed by atoms with E-state index in [1.54, 1.807) is 0 Å². The van der Waals surface area contributed by atoms with Crippen molar-refractivity contribution in [3.63, 3.8) is 0 Å². The topological polar surface area (TPSA) is 22.0 Å². The number of rotatable bonds is 2. The Morgan fingerprint density at radius 3 is 2.23 bits per heavy atom. The van der Waals surface area contributed by atoms with E-state index >= 15 is 0 Å². The third-order valence-electron chi connectivity index (χ3n) is 6.79. The molecule has 0 saturated heterocycles. The Hall–Kier alpha value is -3.39. The van der Waals surface area contributed by atoms with Gasteiger partial charge in [-0.05, 0) is 47.1 Å². The van der Waals surface area contributed by atoms with Gasteiger partial charge in [0.2, 0.25) is 0 Å². The predicted molar refractivity (Wildman–Crippen MR) is 122 cm³/mol. The molecule has 2 heteroatoms. The summed E-state index contributed by atoms with van der Waals surface area (Å²) in [5.41, 5.74) is 9.77. The first-order valence-corrected chi connectivity index (χ1v) is 10.8. The minimum absolute atomic E-state index is 0.157. The lowest BCUT2D eigenvalue weighted by atomic mass is 9.80. The first kappa shape index (κ1) is 17.5. The van der Waals surface area contributed by atoms with Gasteiger partial charge in [0.05, 0.1) is 5.56 Å². The first-order chi connectivity index (χ1) is 14.8. The zero-order chi connectivity index (χ0) is 20.1. The van der Waals surface area contributed by atoms with Gasteiger partial charge in [-0.15, -0.1) is 0 Å². The third kappa shape index (κ3) is 2.60. The fourth-order valence-electron chi connectivity index (χ4n) is 5.40. The van der Waals surface area contributed by atoms with Crippen LogP contribution in [-0.2, 0) is 25.8 Å². The maximum absolute atomic E-state index is 13.9. The molecule has 2 aliphatic rings. The molecule has 30 heavy (non-hydrogen) atoms. The van der Waals surface area contributed by atoms with Gasteiger partial charge in [-0.25, -0.2) is 0 Å². The van der Waals surface area contributed by atoms with Crippen molar-refractivity contribution in [1.29, 1.82) is 0 Å². The van der Waals surface area contributed by atoms with Gasteiger partial charge in [0, 0.05) is 23.7 Å². The lowest BCUT2D eigenvalue weighted by Crippen LogP contribution is -2.26. The Labute approximate surface area is 176 Å². The fourth-order valence-corrected chi connectivity index (χ4v) is 5.40. The zero-order valence-corrected chi connectivity index (χ0v) is 16.8. The molecular weight excluding hydrogens is 366 g/mol. The molecule has 3 aromatic carbocycles. The van der Waals surface area contributed by atoms with E-state index in [1.165, 1.54) is 33.5 Å². The summed E-state index contributed by atoms with van der Waals surface area (Å²) in [5, 5.41) is 0. The summed E-state index contributed by atoms with van der Waals surface area (Å²) in [6.07, 6.45) is 2.99. The number of hydrogen-bond donors (Lipinski definition) is 0. The van der Waals surface area contributed by atoms with E-state index in [0.29, 0.717) is 5.92 Å². The Morgan fingerprint density at radius 1 is 0.733 bits per heavy atom. The fraction of sp³-hybridized carbons (Fsp3) is 0.179. The highest BCUT2D eigenvalue weighted by atomic mass is 16.1. The average molecular weight is 389 g/mol. The van der Waals surface area contributed by atoms with E-state index in [0.717, 1.165) is 36.9 Å². The van der Waals surface area contributed by atoms with E-state index in [9.17, 15) is 4.79 Å². The lowest BCUT2D eigenvalue weighted by Gasteiger charge is -2.25. The standard InChI is InChI=1S/C28H23NO/c30-28-26(21-12-5-2-6-13-21)27-23-14-8-7-11-20(23)15-16-24(27)25-17-22(18-29(25)28)19-9-3-1-4-10-19/h1-14,22H,15-18H2. The van der Waals surface area contributed by atoms with Crippen LogP contribution >= 0.6 is 0 Å². The summed E-state index contributed by atoms with van der Waals surface area (Å²) in [7, 11) is 0. The van der Waals surface area contributed by atoms with Gasteiger partial charge in [0.25, 0.3) is 5.56 Å². The molecule has 1 aromatic heterocycles. The maximum atomic E-state index is 13.9. The minimum atomic E-state index is 0.157. The Morgan fingerprint density at radius 2 is 1.43 bits per heavy atom. The quantitative estimate of drug-likeness (QED) is 0.436. The Kier molecular flexibility index (Phi) is 3.98. The second kappa shape index (κ2) is 6.84. The number of benzene rings is 3. The van der Waals surface area contributed by atoms with Crippen LogP contribution in [0.4, 0.5) is 0 Å². The summed E-state index contributed by atoms with van der Waals surface area (Å²) in [4.78, 5) is 13.9. The van der Waals surface area contributed by atoms with Crippen LogP contribution in [0, 0.1) is 0 Å². The number of hydrogen-bond acceptors (Lipinski definition) is 1. The molecule has 1 aliphatic heterocycles. The van der Waals surface area contributed by atoms with E-state index in [1.807, 2.05) is 18.2 Å². The highest BCUT2D eigenvalue weighted by Crippen LogP contribution is 2.43. The molecule has 146 valence electrons. The molecule has 1 atom stereocenters. The molecule has 1 unspecified atom stereocenters. The number of aromatic nitrogens is 1. The molecule has 6 rings (SSSR count). The van der Waals surface area contributed by atoms with Crippen LogP contribution in [-0.4, -0.2) is 4.57 Å². The SMILES string of the molecule is O=c1c(-c2ccccc2)c2c(c3n1CC(c1ccccc1)C3)CCc1ccccc1-2. The molecule has 4 aromatic rings. The average Bonchev–Trinajstić information content (AvgIpc) is 3.27. The summed E-state index contributed by atoms with van der Waals surface area (Å²) in [6.45, 7) is 0.771. The van der Waals surface area contributed by atoms with Crippen LogP contribution in [0.15, 0.2) is 89.7 Å². The van der Waals surface area contributed by atoms with E-state index in [-0.39, 0.29) is 5.56 Å². The molecule has 0 saturated carbocycles. The smallest absolute Gasteiger partial charge is 0.259 e. The van der Waals surface area contributed by atoms with E-state index in [4.69, 9.17) is 0 Å². The highest BCUT2D eigenvalue weighted by Gasteiger charge is 2.33. The van der Waals surface area contributed by atoms with Gasteiger partial charge >= 0.3 is 0 Å². The minimum Gasteiger partial charge on any atom is -0.311 e. The van der Waals surface area contributed by atoms with Crippen molar-refractivity contribution < 1.29 is 0 Å². The van der Waals surface area contributed by atoms with Gasteiger partial charge in [0.15, 0.2) is 0 Å². The summed E-state index contributed by atoms with van der Waals surface area (Å²) >= 11 is 0. The van der Waals surface area contributed by atoms with Crippen molar-refractivity contribution in [2.45, 2.75) is 31.7 Å². The number of pyridine rings is 1. The van der Waals surface area contributed by atoms with Crippen LogP contribution in [0.3, 0.4) is 0 Å². The highest BCUT2D eigenvalue weighted by molar-refractivity contribution is 5.88. The van der Waals surface area contributed by atoms with Crippen molar-refractivity contribution in [2.24, 2.45) is 0 Å². The van der Waals surface area contributed by atoms with Gasteiger partial charge in [-0.1, -0.05) is 84.9 Å². The van der Waals surface area contributed by atoms with E-state index < -0.39 is 0 Å². The lowest BCUT2D eigenvalue weighted by molar-refractivity contribution is 0.639. The Balaban J connectivity index is 1.63. The van der Waals surface area contributed by atoms with Gasteiger partial charge in [-0.3, -0.25) is 4.79 Å². The van der Waals surface area contributed by atoms with Crippen molar-refractivity contribution in [3.8, 4) is 22.3 Å². The molecular formula is C28H23NO. The largest absolute Gasteiger partial charge is 0.311 e. The number of fused-ring (bicyclic) bond motifs is 5. The monoisotopic (exact) mass is 389 g/mol. The summed E-state index contributed by atoms with van der Waals surface area (Å²) in [6, 6.07) is 29.5. The maximum Gasteiger partial charge on any atom is 0.259 e. The molecule has 2 heterocycles. The van der Waals surface area contributed by atoms with Gasteiger partial charge in [-0.2, -0.15) is 0 Å². The molecule has 0 amide bonds. The van der Waals surface area contributed by atoms with Crippen LogP contribution in [0.25, 0.3) is 22.3 Å². The van der Waals surface area contributed by atoms with Crippen LogP contribution in [0.5, 0.6) is 0 Å². The molecule has 0 radical (unpaired) electrons. The molecule has 0 N–H and O–H groups in total. The number of aryl methyl sites for hydroxylation is 1. The van der Waals surface area contributed by atoms with Crippen LogP contribution in [0.1, 0.15) is 28.3 Å². The van der Waals surface area contributed by atoms with Gasteiger partial charge < -0.3 is 4.57 Å². The molecule has 0 fully saturated rings. The van der Waals surface area contributed by atoms with E-state index in [2.05, 4.69) is 71.3 Å². The van der Waals surface area contributed by atoms with Crippen molar-refractivity contribution in [1.82, 2.24) is 4.57 Å². The molecule has 2 nitrogen and oxygen atoms in total. The first-order valence-electron chi connectivity index (χ1n) is 10.8. The number of nitrogens with zero attached hydrogens (tertiary/aromatic N) is 1. The summed E-state index contributed by atoms with van der Waals surface area (Å²) in [5.74, 6) is 0.367. The predicted octanol–water partition coefficient (Wildman–Crippen LogP) is 5.62. The zero-order valence-electron chi connectivity index (χ0n) is 16.8. The van der Waals surface area contributed by atoms with Crippen molar-refractivity contribution >= 4 is 0 Å². The Bertz CT molecular complexity index is 1300. The normalized spacial score (nSPS) is 16.6. The molecule has 1 aliphatic carbocycles. The third-order valence-corrected chi connectivity index (χ3v) is 6.79. The van der Waals surface area contributed by atoms with Crippen molar-refractivity contribution in [3.05, 3.63) is 118 Å². The van der Waals surface area contributed by atoms with Crippen LogP contribution < -0.4 is 5.56 Å². The van der Waals surface area contributed by atoms with Gasteiger partial charge in [0.1, 0.15) is 0 Å².